The predicted octanol–water partition coefficient (Wildman–Crippen LogP) is 2.97. The van der Waals surface area contributed by atoms with E-state index in [1.165, 1.54) is 5.56 Å². The minimum atomic E-state index is 0.185. The van der Waals surface area contributed by atoms with E-state index in [4.69, 9.17) is 5.73 Å². The molecule has 0 spiro atoms. The van der Waals surface area contributed by atoms with Crippen LogP contribution in [-0.2, 0) is 12.5 Å². The van der Waals surface area contributed by atoms with Crippen LogP contribution in [-0.4, -0.2) is 9.55 Å². The SMILES string of the molecule is Cn1c(-c2ccc(C(C)(C)C)cc2)cnc1N. The van der Waals surface area contributed by atoms with E-state index in [0.717, 1.165) is 11.3 Å². The quantitative estimate of drug-likeness (QED) is 0.817. The van der Waals surface area contributed by atoms with Gasteiger partial charge in [-0.15, -0.1) is 0 Å². The summed E-state index contributed by atoms with van der Waals surface area (Å²) in [5.74, 6) is 0.542. The molecule has 2 N–H and O–H groups in total. The van der Waals surface area contributed by atoms with Gasteiger partial charge in [-0.2, -0.15) is 0 Å². The first kappa shape index (κ1) is 11.7. The van der Waals surface area contributed by atoms with Crippen molar-refractivity contribution in [2.45, 2.75) is 26.2 Å². The van der Waals surface area contributed by atoms with Crippen LogP contribution in [0.2, 0.25) is 0 Å². The van der Waals surface area contributed by atoms with Crippen molar-refractivity contribution in [2.24, 2.45) is 7.05 Å². The molecule has 90 valence electrons. The lowest BCUT2D eigenvalue weighted by Crippen LogP contribution is -2.10. The van der Waals surface area contributed by atoms with E-state index in [2.05, 4.69) is 50.0 Å². The lowest BCUT2D eigenvalue weighted by atomic mass is 9.86. The molecule has 1 aromatic carbocycles. The summed E-state index contributed by atoms with van der Waals surface area (Å²) in [6.45, 7) is 6.64. The average molecular weight is 229 g/mol. The van der Waals surface area contributed by atoms with Crippen LogP contribution in [0, 0.1) is 0 Å². The van der Waals surface area contributed by atoms with Crippen LogP contribution in [0.5, 0.6) is 0 Å². The highest BCUT2D eigenvalue weighted by Crippen LogP contribution is 2.26. The molecule has 2 aromatic rings. The molecule has 0 aliphatic heterocycles. The largest absolute Gasteiger partial charge is 0.369 e. The Labute approximate surface area is 102 Å². The van der Waals surface area contributed by atoms with Crippen molar-refractivity contribution in [1.82, 2.24) is 9.55 Å². The fourth-order valence-corrected chi connectivity index (χ4v) is 1.83. The summed E-state index contributed by atoms with van der Waals surface area (Å²) >= 11 is 0. The summed E-state index contributed by atoms with van der Waals surface area (Å²) in [6, 6.07) is 8.57. The van der Waals surface area contributed by atoms with Crippen LogP contribution >= 0.6 is 0 Å². The second kappa shape index (κ2) is 3.91. The van der Waals surface area contributed by atoms with E-state index in [1.807, 2.05) is 11.6 Å². The molecule has 2 rings (SSSR count). The Kier molecular flexibility index (Phi) is 2.69. The molecule has 1 aromatic heterocycles. The van der Waals surface area contributed by atoms with Crippen LogP contribution in [0.25, 0.3) is 11.3 Å². The van der Waals surface area contributed by atoms with E-state index in [0.29, 0.717) is 5.95 Å². The molecule has 3 heteroatoms. The maximum absolute atomic E-state index is 5.73. The zero-order chi connectivity index (χ0) is 12.6. The summed E-state index contributed by atoms with van der Waals surface area (Å²) in [5.41, 5.74) is 9.43. The van der Waals surface area contributed by atoms with Crippen molar-refractivity contribution in [3.05, 3.63) is 36.0 Å². The van der Waals surface area contributed by atoms with E-state index < -0.39 is 0 Å². The number of hydrogen-bond donors (Lipinski definition) is 1. The molecule has 17 heavy (non-hydrogen) atoms. The summed E-state index contributed by atoms with van der Waals surface area (Å²) in [5, 5.41) is 0. The monoisotopic (exact) mass is 229 g/mol. The van der Waals surface area contributed by atoms with Gasteiger partial charge in [-0.1, -0.05) is 45.0 Å². The van der Waals surface area contributed by atoms with Gasteiger partial charge in [0.05, 0.1) is 11.9 Å². The average Bonchev–Trinajstić information content (AvgIpc) is 2.59. The van der Waals surface area contributed by atoms with Crippen molar-refractivity contribution in [1.29, 1.82) is 0 Å². The zero-order valence-corrected chi connectivity index (χ0v) is 10.9. The number of nitrogens with two attached hydrogens (primary N) is 1. The minimum Gasteiger partial charge on any atom is -0.369 e. The summed E-state index contributed by atoms with van der Waals surface area (Å²) in [4.78, 5) is 4.10. The van der Waals surface area contributed by atoms with Gasteiger partial charge in [0.25, 0.3) is 0 Å². The predicted molar refractivity (Wildman–Crippen MR) is 71.8 cm³/mol. The first-order valence-corrected chi connectivity index (χ1v) is 5.77. The Bertz CT molecular complexity index is 515. The molecule has 0 saturated heterocycles. The van der Waals surface area contributed by atoms with Crippen LogP contribution in [0.15, 0.2) is 30.5 Å². The van der Waals surface area contributed by atoms with Crippen LogP contribution in [0.4, 0.5) is 5.95 Å². The Morgan fingerprint density at radius 3 is 2.12 bits per heavy atom. The highest BCUT2D eigenvalue weighted by Gasteiger charge is 2.13. The lowest BCUT2D eigenvalue weighted by molar-refractivity contribution is 0.590. The van der Waals surface area contributed by atoms with Gasteiger partial charge in [0, 0.05) is 7.05 Å². The number of anilines is 1. The third-order valence-electron chi connectivity index (χ3n) is 3.07. The van der Waals surface area contributed by atoms with Crippen LogP contribution in [0.3, 0.4) is 0 Å². The van der Waals surface area contributed by atoms with Crippen molar-refractivity contribution in [3.8, 4) is 11.3 Å². The van der Waals surface area contributed by atoms with Crippen molar-refractivity contribution in [2.75, 3.05) is 5.73 Å². The van der Waals surface area contributed by atoms with Gasteiger partial charge in [-0.25, -0.2) is 4.98 Å². The fourth-order valence-electron chi connectivity index (χ4n) is 1.83. The molecular formula is C14H19N3. The van der Waals surface area contributed by atoms with Gasteiger partial charge in [0.15, 0.2) is 5.95 Å². The molecule has 0 amide bonds. The first-order chi connectivity index (χ1) is 7.89. The number of aromatic nitrogens is 2. The van der Waals surface area contributed by atoms with E-state index in [1.54, 1.807) is 6.20 Å². The molecule has 3 nitrogen and oxygen atoms in total. The maximum Gasteiger partial charge on any atom is 0.200 e. The van der Waals surface area contributed by atoms with Gasteiger partial charge in [0.2, 0.25) is 0 Å². The summed E-state index contributed by atoms with van der Waals surface area (Å²) < 4.78 is 1.89. The highest BCUT2D eigenvalue weighted by atomic mass is 15.1. The molecule has 1 heterocycles. The Hall–Kier alpha value is -1.77. The number of hydrogen-bond acceptors (Lipinski definition) is 2. The highest BCUT2D eigenvalue weighted by molar-refractivity contribution is 5.61. The second-order valence-electron chi connectivity index (χ2n) is 5.39. The van der Waals surface area contributed by atoms with Gasteiger partial charge in [-0.3, -0.25) is 0 Å². The molecule has 0 aliphatic rings. The van der Waals surface area contributed by atoms with Gasteiger partial charge >= 0.3 is 0 Å². The molecule has 0 atom stereocenters. The number of benzene rings is 1. The Morgan fingerprint density at radius 1 is 1.12 bits per heavy atom. The van der Waals surface area contributed by atoms with Crippen molar-refractivity contribution in [3.63, 3.8) is 0 Å². The Balaban J connectivity index is 2.40. The molecule has 0 fully saturated rings. The normalized spacial score (nSPS) is 11.8. The summed E-state index contributed by atoms with van der Waals surface area (Å²) in [6.07, 6.45) is 1.81. The lowest BCUT2D eigenvalue weighted by Gasteiger charge is -2.19. The molecule has 0 radical (unpaired) electrons. The van der Waals surface area contributed by atoms with Crippen LogP contribution in [0.1, 0.15) is 26.3 Å². The molecule has 0 saturated carbocycles. The molecule has 0 bridgehead atoms. The Morgan fingerprint density at radius 2 is 1.71 bits per heavy atom. The van der Waals surface area contributed by atoms with Gasteiger partial charge in [0.1, 0.15) is 0 Å². The number of nitrogen functional groups attached to an aromatic ring is 1. The number of nitrogens with zero attached hydrogens (tertiary/aromatic N) is 2. The topological polar surface area (TPSA) is 43.8 Å². The number of rotatable bonds is 1. The maximum atomic E-state index is 5.73. The van der Waals surface area contributed by atoms with E-state index in [9.17, 15) is 0 Å². The van der Waals surface area contributed by atoms with E-state index >= 15 is 0 Å². The number of imidazole rings is 1. The standard InChI is InChI=1S/C14H19N3/c1-14(2,3)11-7-5-10(6-8-11)12-9-16-13(15)17(12)4/h5-9H,1-4H3,(H2,15,16). The van der Waals surface area contributed by atoms with Gasteiger partial charge in [-0.05, 0) is 16.5 Å². The fraction of sp³-hybridized carbons (Fsp3) is 0.357. The zero-order valence-electron chi connectivity index (χ0n) is 10.9. The second-order valence-corrected chi connectivity index (χ2v) is 5.39. The minimum absolute atomic E-state index is 0.185. The van der Waals surface area contributed by atoms with Crippen LogP contribution < -0.4 is 5.73 Å². The third kappa shape index (κ3) is 2.18. The molecular weight excluding hydrogens is 210 g/mol. The summed E-state index contributed by atoms with van der Waals surface area (Å²) in [7, 11) is 1.93. The van der Waals surface area contributed by atoms with Gasteiger partial charge < -0.3 is 10.3 Å². The first-order valence-electron chi connectivity index (χ1n) is 5.77. The van der Waals surface area contributed by atoms with Crippen molar-refractivity contribution < 1.29 is 0 Å². The molecule has 0 aliphatic carbocycles. The third-order valence-corrected chi connectivity index (χ3v) is 3.07. The van der Waals surface area contributed by atoms with Crippen molar-refractivity contribution >= 4 is 5.95 Å². The molecule has 0 unspecified atom stereocenters. The smallest absolute Gasteiger partial charge is 0.200 e. The van der Waals surface area contributed by atoms with E-state index in [-0.39, 0.29) is 5.41 Å².